The first kappa shape index (κ1) is 10.8. The molecule has 2 heteroatoms. The van der Waals surface area contributed by atoms with Crippen molar-refractivity contribution in [2.24, 2.45) is 12.5 Å². The molecule has 17 heavy (non-hydrogen) atoms. The SMILES string of the molecule is Cc1c(CC2(CO)CC2)c2ccccc2n1C. The quantitative estimate of drug-likeness (QED) is 0.860. The van der Waals surface area contributed by atoms with Gasteiger partial charge in [0.2, 0.25) is 0 Å². The molecule has 0 amide bonds. The number of aromatic nitrogens is 1. The normalized spacial score (nSPS) is 17.6. The zero-order valence-corrected chi connectivity index (χ0v) is 10.5. The van der Waals surface area contributed by atoms with Crippen molar-refractivity contribution >= 4 is 10.9 Å². The van der Waals surface area contributed by atoms with Crippen LogP contribution in [0.3, 0.4) is 0 Å². The lowest BCUT2D eigenvalue weighted by atomic mass is 9.95. The summed E-state index contributed by atoms with van der Waals surface area (Å²) in [6, 6.07) is 8.56. The smallest absolute Gasteiger partial charge is 0.0490 e. The van der Waals surface area contributed by atoms with Gasteiger partial charge in [-0.25, -0.2) is 0 Å². The molecule has 90 valence electrons. The van der Waals surface area contributed by atoms with E-state index in [9.17, 15) is 5.11 Å². The van der Waals surface area contributed by atoms with E-state index in [0.717, 1.165) is 6.42 Å². The highest BCUT2D eigenvalue weighted by Crippen LogP contribution is 2.49. The molecular weight excluding hydrogens is 210 g/mol. The molecule has 1 aromatic carbocycles. The number of fused-ring (bicyclic) bond motifs is 1. The number of aliphatic hydroxyl groups is 1. The predicted octanol–water partition coefficient (Wildman–Crippen LogP) is 2.80. The molecule has 0 spiro atoms. The van der Waals surface area contributed by atoms with E-state index in [-0.39, 0.29) is 5.41 Å². The number of para-hydroxylation sites is 1. The molecule has 1 heterocycles. The second-order valence-electron chi connectivity index (χ2n) is 5.48. The minimum atomic E-state index is 0.189. The minimum Gasteiger partial charge on any atom is -0.396 e. The van der Waals surface area contributed by atoms with E-state index in [1.165, 1.54) is 35.0 Å². The van der Waals surface area contributed by atoms with Crippen LogP contribution < -0.4 is 0 Å². The van der Waals surface area contributed by atoms with Crippen LogP contribution in [0.25, 0.3) is 10.9 Å². The molecule has 1 fully saturated rings. The van der Waals surface area contributed by atoms with Crippen LogP contribution >= 0.6 is 0 Å². The summed E-state index contributed by atoms with van der Waals surface area (Å²) >= 11 is 0. The fourth-order valence-electron chi connectivity index (χ4n) is 2.77. The summed E-state index contributed by atoms with van der Waals surface area (Å²) in [7, 11) is 2.12. The average Bonchev–Trinajstić information content (AvgIpc) is 3.10. The Morgan fingerprint density at radius 3 is 2.65 bits per heavy atom. The Hall–Kier alpha value is -1.28. The number of nitrogens with zero attached hydrogens (tertiary/aromatic N) is 1. The Kier molecular flexibility index (Phi) is 2.30. The van der Waals surface area contributed by atoms with Gasteiger partial charge in [-0.3, -0.25) is 0 Å². The van der Waals surface area contributed by atoms with Crippen molar-refractivity contribution in [1.82, 2.24) is 4.57 Å². The maximum Gasteiger partial charge on any atom is 0.0490 e. The molecular formula is C15H19NO. The van der Waals surface area contributed by atoms with E-state index in [1.54, 1.807) is 0 Å². The van der Waals surface area contributed by atoms with Gasteiger partial charge >= 0.3 is 0 Å². The zero-order valence-electron chi connectivity index (χ0n) is 10.5. The van der Waals surface area contributed by atoms with Crippen LogP contribution in [-0.4, -0.2) is 16.3 Å². The molecule has 2 aromatic rings. The van der Waals surface area contributed by atoms with Crippen molar-refractivity contribution in [2.45, 2.75) is 26.2 Å². The second kappa shape index (κ2) is 3.61. The minimum absolute atomic E-state index is 0.189. The second-order valence-corrected chi connectivity index (χ2v) is 5.48. The predicted molar refractivity (Wildman–Crippen MR) is 70.1 cm³/mol. The molecule has 0 radical (unpaired) electrons. The summed E-state index contributed by atoms with van der Waals surface area (Å²) in [6.07, 6.45) is 3.37. The zero-order chi connectivity index (χ0) is 12.0. The third kappa shape index (κ3) is 1.59. The largest absolute Gasteiger partial charge is 0.396 e. The third-order valence-corrected chi connectivity index (χ3v) is 4.37. The summed E-state index contributed by atoms with van der Waals surface area (Å²) in [6.45, 7) is 2.51. The molecule has 1 aliphatic rings. The Morgan fingerprint density at radius 2 is 2.00 bits per heavy atom. The highest BCUT2D eigenvalue weighted by molar-refractivity contribution is 5.85. The van der Waals surface area contributed by atoms with Crippen molar-refractivity contribution < 1.29 is 5.11 Å². The maximum atomic E-state index is 9.48. The third-order valence-electron chi connectivity index (χ3n) is 4.37. The fraction of sp³-hybridized carbons (Fsp3) is 0.467. The Labute approximate surface area is 102 Å². The van der Waals surface area contributed by atoms with Crippen LogP contribution in [0.2, 0.25) is 0 Å². The molecule has 1 aliphatic carbocycles. The highest BCUT2D eigenvalue weighted by atomic mass is 16.3. The summed E-state index contributed by atoms with van der Waals surface area (Å²) in [5.74, 6) is 0. The lowest BCUT2D eigenvalue weighted by Crippen LogP contribution is -2.10. The number of aliphatic hydroxyl groups excluding tert-OH is 1. The van der Waals surface area contributed by atoms with Gasteiger partial charge in [0.15, 0.2) is 0 Å². The first-order valence-corrected chi connectivity index (χ1v) is 6.31. The van der Waals surface area contributed by atoms with E-state index in [4.69, 9.17) is 0 Å². The number of rotatable bonds is 3. The molecule has 3 rings (SSSR count). The molecule has 1 N–H and O–H groups in total. The lowest BCUT2D eigenvalue weighted by Gasteiger charge is -2.11. The maximum absolute atomic E-state index is 9.48. The van der Waals surface area contributed by atoms with Gasteiger partial charge in [-0.05, 0) is 43.2 Å². The topological polar surface area (TPSA) is 25.2 Å². The molecule has 0 atom stereocenters. The number of aryl methyl sites for hydroxylation is 1. The monoisotopic (exact) mass is 229 g/mol. The highest BCUT2D eigenvalue weighted by Gasteiger charge is 2.42. The Bertz CT molecular complexity index is 564. The van der Waals surface area contributed by atoms with Crippen molar-refractivity contribution in [3.05, 3.63) is 35.5 Å². The van der Waals surface area contributed by atoms with E-state index >= 15 is 0 Å². The van der Waals surface area contributed by atoms with Gasteiger partial charge in [0.05, 0.1) is 0 Å². The molecule has 0 bridgehead atoms. The van der Waals surface area contributed by atoms with Crippen molar-refractivity contribution in [3.63, 3.8) is 0 Å². The summed E-state index contributed by atoms with van der Waals surface area (Å²) < 4.78 is 2.26. The lowest BCUT2D eigenvalue weighted by molar-refractivity contribution is 0.211. The van der Waals surface area contributed by atoms with Crippen molar-refractivity contribution in [2.75, 3.05) is 6.61 Å². The fourth-order valence-corrected chi connectivity index (χ4v) is 2.77. The molecule has 1 saturated carbocycles. The van der Waals surface area contributed by atoms with Gasteiger partial charge < -0.3 is 9.67 Å². The van der Waals surface area contributed by atoms with Crippen LogP contribution in [0.15, 0.2) is 24.3 Å². The molecule has 0 aliphatic heterocycles. The van der Waals surface area contributed by atoms with E-state index in [0.29, 0.717) is 6.61 Å². The summed E-state index contributed by atoms with van der Waals surface area (Å²) in [4.78, 5) is 0. The van der Waals surface area contributed by atoms with Gasteiger partial charge in [-0.15, -0.1) is 0 Å². The van der Waals surface area contributed by atoms with E-state index in [1.807, 2.05) is 0 Å². The molecule has 2 nitrogen and oxygen atoms in total. The van der Waals surface area contributed by atoms with Crippen LogP contribution in [0.4, 0.5) is 0 Å². The van der Waals surface area contributed by atoms with Gasteiger partial charge in [-0.1, -0.05) is 18.2 Å². The standard InChI is InChI=1S/C15H19NO/c1-11-13(9-15(10-17)7-8-15)12-5-3-4-6-14(12)16(11)2/h3-6,17H,7-10H2,1-2H3. The van der Waals surface area contributed by atoms with E-state index in [2.05, 4.69) is 42.8 Å². The van der Waals surface area contributed by atoms with Gasteiger partial charge in [0.25, 0.3) is 0 Å². The average molecular weight is 229 g/mol. The Balaban J connectivity index is 2.12. The van der Waals surface area contributed by atoms with Gasteiger partial charge in [-0.2, -0.15) is 0 Å². The van der Waals surface area contributed by atoms with Crippen LogP contribution in [0.5, 0.6) is 0 Å². The number of benzene rings is 1. The van der Waals surface area contributed by atoms with Gasteiger partial charge in [0.1, 0.15) is 0 Å². The van der Waals surface area contributed by atoms with Crippen LogP contribution in [0, 0.1) is 12.3 Å². The first-order valence-electron chi connectivity index (χ1n) is 6.31. The van der Waals surface area contributed by atoms with Crippen LogP contribution in [-0.2, 0) is 13.5 Å². The summed E-state index contributed by atoms with van der Waals surface area (Å²) in [5.41, 5.74) is 4.25. The number of hydrogen-bond donors (Lipinski definition) is 1. The van der Waals surface area contributed by atoms with Crippen molar-refractivity contribution in [1.29, 1.82) is 0 Å². The first-order chi connectivity index (χ1) is 8.17. The molecule has 0 saturated heterocycles. The molecule has 1 aromatic heterocycles. The number of hydrogen-bond acceptors (Lipinski definition) is 1. The van der Waals surface area contributed by atoms with E-state index < -0.39 is 0 Å². The van der Waals surface area contributed by atoms with Gasteiger partial charge in [0, 0.05) is 30.3 Å². The Morgan fingerprint density at radius 1 is 1.29 bits per heavy atom. The molecule has 0 unspecified atom stereocenters. The van der Waals surface area contributed by atoms with Crippen LogP contribution in [0.1, 0.15) is 24.1 Å². The summed E-state index contributed by atoms with van der Waals surface area (Å²) in [5, 5.41) is 10.8. The van der Waals surface area contributed by atoms with Crippen molar-refractivity contribution in [3.8, 4) is 0 Å².